The number of amides is 2. The van der Waals surface area contributed by atoms with Crippen molar-refractivity contribution in [3.8, 4) is 0 Å². The zero-order valence-corrected chi connectivity index (χ0v) is 12.4. The van der Waals surface area contributed by atoms with Gasteiger partial charge in [0.15, 0.2) is 9.84 Å². The number of aliphatic carboxylic acids is 1. The van der Waals surface area contributed by atoms with Crippen molar-refractivity contribution in [1.29, 1.82) is 0 Å². The van der Waals surface area contributed by atoms with E-state index in [1.807, 2.05) is 0 Å². The Hall–Kier alpha value is -1.84. The summed E-state index contributed by atoms with van der Waals surface area (Å²) in [6.45, 7) is 0.217. The van der Waals surface area contributed by atoms with Gasteiger partial charge in [0.1, 0.15) is 6.04 Å². The van der Waals surface area contributed by atoms with E-state index < -0.39 is 40.3 Å². The number of urea groups is 1. The first-order valence-electron chi connectivity index (χ1n) is 6.30. The van der Waals surface area contributed by atoms with Gasteiger partial charge in [-0.2, -0.15) is 0 Å². The summed E-state index contributed by atoms with van der Waals surface area (Å²) >= 11 is 0. The van der Waals surface area contributed by atoms with E-state index in [1.165, 1.54) is 4.90 Å². The molecule has 0 aromatic heterocycles. The number of esters is 1. The molecule has 120 valence electrons. The predicted octanol–water partition coefficient (Wildman–Crippen LogP) is -1.17. The molecule has 0 aromatic rings. The van der Waals surface area contributed by atoms with Crippen LogP contribution in [0.1, 0.15) is 12.8 Å². The zero-order chi connectivity index (χ0) is 16.0. The number of carbonyl (C=O) groups is 3. The molecule has 0 bridgehead atoms. The molecule has 0 aliphatic carbocycles. The summed E-state index contributed by atoms with van der Waals surface area (Å²) in [6, 6.07) is -2.12. The fourth-order valence-electron chi connectivity index (χ4n) is 1.83. The molecule has 21 heavy (non-hydrogen) atoms. The number of nitrogens with zero attached hydrogens (tertiary/aromatic N) is 1. The molecule has 1 fully saturated rings. The summed E-state index contributed by atoms with van der Waals surface area (Å²) in [5.74, 6) is -2.28. The van der Waals surface area contributed by atoms with Crippen molar-refractivity contribution in [2.75, 3.05) is 31.7 Å². The second-order valence-electron chi connectivity index (χ2n) is 4.61. The highest BCUT2D eigenvalue weighted by Gasteiger charge is 2.28. The van der Waals surface area contributed by atoms with E-state index in [1.54, 1.807) is 0 Å². The number of carbonyl (C=O) groups excluding carboxylic acids is 2. The number of ether oxygens (including phenoxy) is 1. The fraction of sp³-hybridized carbons (Fsp3) is 0.727. The van der Waals surface area contributed by atoms with Gasteiger partial charge in [-0.05, 0) is 6.42 Å². The summed E-state index contributed by atoms with van der Waals surface area (Å²) < 4.78 is 27.2. The van der Waals surface area contributed by atoms with Gasteiger partial charge in [0.25, 0.3) is 0 Å². The Morgan fingerprint density at radius 3 is 2.52 bits per heavy atom. The molecule has 1 saturated heterocycles. The van der Waals surface area contributed by atoms with Crippen LogP contribution in [0.2, 0.25) is 0 Å². The van der Waals surface area contributed by atoms with Crippen LogP contribution in [-0.4, -0.2) is 74.1 Å². The smallest absolute Gasteiger partial charge is 0.326 e. The van der Waals surface area contributed by atoms with Crippen molar-refractivity contribution in [1.82, 2.24) is 10.2 Å². The maximum atomic E-state index is 12.0. The van der Waals surface area contributed by atoms with Gasteiger partial charge in [0.2, 0.25) is 0 Å². The molecule has 1 aliphatic heterocycles. The summed E-state index contributed by atoms with van der Waals surface area (Å²) in [5.41, 5.74) is 0. The number of rotatable bonds is 4. The third-order valence-electron chi connectivity index (χ3n) is 3.04. The van der Waals surface area contributed by atoms with Gasteiger partial charge in [0, 0.05) is 13.1 Å². The van der Waals surface area contributed by atoms with Crippen molar-refractivity contribution < 1.29 is 32.6 Å². The highest BCUT2D eigenvalue weighted by molar-refractivity contribution is 7.91. The predicted molar refractivity (Wildman–Crippen MR) is 71.4 cm³/mol. The third kappa shape index (κ3) is 5.58. The topological polar surface area (TPSA) is 130 Å². The lowest BCUT2D eigenvalue weighted by molar-refractivity contribution is -0.147. The molecule has 1 rings (SSSR count). The molecule has 1 aliphatic rings. The van der Waals surface area contributed by atoms with E-state index in [9.17, 15) is 22.8 Å². The van der Waals surface area contributed by atoms with Crippen LogP contribution in [0.5, 0.6) is 0 Å². The zero-order valence-electron chi connectivity index (χ0n) is 11.6. The standard InChI is InChI=1S/C11H18N2O7S/c1-20-9(14)7-8(10(15)16)12-11(17)13-3-2-5-21(18,19)6-4-13/h8H,2-7H2,1H3,(H,12,17)(H,15,16)/t8-/m0/s1. The SMILES string of the molecule is COC(=O)C[C@H](NC(=O)N1CCCS(=O)(=O)CC1)C(=O)O. The van der Waals surface area contributed by atoms with Crippen LogP contribution in [0.15, 0.2) is 0 Å². The first-order valence-corrected chi connectivity index (χ1v) is 8.13. The lowest BCUT2D eigenvalue weighted by atomic mass is 10.2. The maximum absolute atomic E-state index is 12.0. The summed E-state index contributed by atoms with van der Waals surface area (Å²) in [7, 11) is -2.05. The highest BCUT2D eigenvalue weighted by atomic mass is 32.2. The Bertz CT molecular complexity index is 517. The van der Waals surface area contributed by atoms with Gasteiger partial charge in [-0.1, -0.05) is 0 Å². The van der Waals surface area contributed by atoms with E-state index >= 15 is 0 Å². The van der Waals surface area contributed by atoms with Gasteiger partial charge in [-0.15, -0.1) is 0 Å². The molecule has 1 atom stereocenters. The van der Waals surface area contributed by atoms with E-state index in [-0.39, 0.29) is 24.6 Å². The fourth-order valence-corrected chi connectivity index (χ4v) is 3.10. The molecule has 0 aromatic carbocycles. The van der Waals surface area contributed by atoms with Crippen LogP contribution >= 0.6 is 0 Å². The second-order valence-corrected chi connectivity index (χ2v) is 6.92. The molecule has 0 unspecified atom stereocenters. The first kappa shape index (κ1) is 17.2. The largest absolute Gasteiger partial charge is 0.480 e. The Morgan fingerprint density at radius 2 is 1.95 bits per heavy atom. The molecule has 0 radical (unpaired) electrons. The van der Waals surface area contributed by atoms with E-state index in [4.69, 9.17) is 5.11 Å². The van der Waals surface area contributed by atoms with Gasteiger partial charge >= 0.3 is 18.0 Å². The van der Waals surface area contributed by atoms with Crippen molar-refractivity contribution >= 4 is 27.8 Å². The number of nitrogens with one attached hydrogen (secondary N) is 1. The third-order valence-corrected chi connectivity index (χ3v) is 4.75. The Morgan fingerprint density at radius 1 is 1.29 bits per heavy atom. The minimum absolute atomic E-state index is 0.00126. The Kier molecular flexibility index (Phi) is 5.94. The number of carboxylic acid groups (broad SMARTS) is 1. The number of hydrogen-bond donors (Lipinski definition) is 2. The molecular formula is C11H18N2O7S. The Labute approximate surface area is 122 Å². The van der Waals surface area contributed by atoms with Crippen molar-refractivity contribution in [3.05, 3.63) is 0 Å². The number of carboxylic acids is 1. The van der Waals surface area contributed by atoms with Crippen LogP contribution in [0, 0.1) is 0 Å². The average Bonchev–Trinajstić information content (AvgIpc) is 2.58. The number of methoxy groups -OCH3 is 1. The van der Waals surface area contributed by atoms with E-state index in [0.717, 1.165) is 7.11 Å². The minimum Gasteiger partial charge on any atom is -0.480 e. The van der Waals surface area contributed by atoms with Gasteiger partial charge < -0.3 is 20.1 Å². The van der Waals surface area contributed by atoms with Crippen LogP contribution in [0.4, 0.5) is 4.79 Å². The van der Waals surface area contributed by atoms with Crippen LogP contribution < -0.4 is 5.32 Å². The molecule has 2 amide bonds. The lowest BCUT2D eigenvalue weighted by Gasteiger charge is -2.22. The molecule has 2 N–H and O–H groups in total. The molecule has 0 saturated carbocycles. The molecule has 10 heteroatoms. The maximum Gasteiger partial charge on any atom is 0.326 e. The van der Waals surface area contributed by atoms with Gasteiger partial charge in [-0.3, -0.25) is 4.79 Å². The molecule has 9 nitrogen and oxygen atoms in total. The molecule has 1 heterocycles. The van der Waals surface area contributed by atoms with E-state index in [2.05, 4.69) is 10.1 Å². The van der Waals surface area contributed by atoms with Crippen LogP contribution in [0.3, 0.4) is 0 Å². The lowest BCUT2D eigenvalue weighted by Crippen LogP contribution is -2.49. The Balaban J connectivity index is 2.64. The second kappa shape index (κ2) is 7.25. The van der Waals surface area contributed by atoms with Crippen LogP contribution in [0.25, 0.3) is 0 Å². The summed E-state index contributed by atoms with van der Waals surface area (Å²) in [5, 5.41) is 11.2. The van der Waals surface area contributed by atoms with Crippen LogP contribution in [-0.2, 0) is 24.2 Å². The average molecular weight is 322 g/mol. The molecule has 0 spiro atoms. The van der Waals surface area contributed by atoms with E-state index in [0.29, 0.717) is 6.42 Å². The first-order chi connectivity index (χ1) is 9.75. The number of hydrogen-bond acceptors (Lipinski definition) is 6. The van der Waals surface area contributed by atoms with Gasteiger partial charge in [-0.25, -0.2) is 18.0 Å². The summed E-state index contributed by atoms with van der Waals surface area (Å²) in [4.78, 5) is 35.3. The molecular weight excluding hydrogens is 304 g/mol. The van der Waals surface area contributed by atoms with Crippen molar-refractivity contribution in [2.45, 2.75) is 18.9 Å². The summed E-state index contributed by atoms with van der Waals surface area (Å²) in [6.07, 6.45) is -0.200. The van der Waals surface area contributed by atoms with Crippen molar-refractivity contribution in [2.24, 2.45) is 0 Å². The number of sulfone groups is 1. The normalized spacial score (nSPS) is 19.2. The minimum atomic E-state index is -3.17. The van der Waals surface area contributed by atoms with Gasteiger partial charge in [0.05, 0.1) is 25.0 Å². The highest BCUT2D eigenvalue weighted by Crippen LogP contribution is 2.06. The van der Waals surface area contributed by atoms with Crippen molar-refractivity contribution in [3.63, 3.8) is 0 Å². The monoisotopic (exact) mass is 322 g/mol. The quantitative estimate of drug-likeness (QED) is 0.624.